The van der Waals surface area contributed by atoms with Crippen LogP contribution in [0.4, 0.5) is 0 Å². The van der Waals surface area contributed by atoms with Crippen molar-refractivity contribution in [1.29, 1.82) is 0 Å². The van der Waals surface area contributed by atoms with Gasteiger partial charge >= 0.3 is 0 Å². The van der Waals surface area contributed by atoms with Gasteiger partial charge in [0.15, 0.2) is 0 Å². The van der Waals surface area contributed by atoms with Gasteiger partial charge in [-0.05, 0) is 92.3 Å². The summed E-state index contributed by atoms with van der Waals surface area (Å²) < 4.78 is 0. The van der Waals surface area contributed by atoms with Crippen molar-refractivity contribution in [2.75, 3.05) is 0 Å². The lowest BCUT2D eigenvalue weighted by atomic mass is 9.83. The van der Waals surface area contributed by atoms with Crippen LogP contribution in [0.2, 0.25) is 0 Å². The fourth-order valence-corrected chi connectivity index (χ4v) is 6.31. The third-order valence-corrected chi connectivity index (χ3v) is 7.83. The highest BCUT2D eigenvalue weighted by atomic mass is 31.0. The Kier molecular flexibility index (Phi) is 8.80. The van der Waals surface area contributed by atoms with Crippen LogP contribution in [-0.4, -0.2) is 0 Å². The maximum atomic E-state index is 3.14. The van der Waals surface area contributed by atoms with Crippen molar-refractivity contribution in [2.45, 2.75) is 79.1 Å². The van der Waals surface area contributed by atoms with Gasteiger partial charge in [0.05, 0.1) is 0 Å². The summed E-state index contributed by atoms with van der Waals surface area (Å²) in [6.45, 7) is 9.20. The van der Waals surface area contributed by atoms with Gasteiger partial charge in [-0.25, -0.2) is 0 Å². The molecule has 4 rings (SSSR count). The summed E-state index contributed by atoms with van der Waals surface area (Å²) in [5, 5.41) is 3.98. The smallest absolute Gasteiger partial charge is 0.00243 e. The highest BCUT2D eigenvalue weighted by Gasteiger charge is 2.20. The minimum absolute atomic E-state index is 1.12. The molecule has 4 aromatic carbocycles. The van der Waals surface area contributed by atoms with E-state index in [2.05, 4.69) is 104 Å². The molecule has 0 saturated heterocycles. The standard InChI is InChI=1S/C34H41P/c1-5-13-24-18-11-21-30(27(24)15-7-3)32-23-26-17-9-10-20-29(26)34(35)33(32)31-22-12-19-25(14-6-2)28(31)16-8-4/h9-12,17-23H,5-8,13-16,35H2,1-4H3. The minimum atomic E-state index is 1.12. The molecule has 1 atom stereocenters. The molecule has 0 spiro atoms. The first-order chi connectivity index (χ1) is 17.1. The first kappa shape index (κ1) is 25.7. The number of fused-ring (bicyclic) bond motifs is 1. The Balaban J connectivity index is 2.11. The van der Waals surface area contributed by atoms with Gasteiger partial charge in [-0.2, -0.15) is 0 Å². The zero-order chi connectivity index (χ0) is 24.8. The topological polar surface area (TPSA) is 0 Å². The fraction of sp³-hybridized carbons (Fsp3) is 0.353. The summed E-state index contributed by atoms with van der Waals surface area (Å²) in [5.74, 6) is 0. The third kappa shape index (κ3) is 5.24. The Labute approximate surface area is 215 Å². The lowest BCUT2D eigenvalue weighted by Gasteiger charge is -2.23. The molecule has 182 valence electrons. The fourth-order valence-electron chi connectivity index (χ4n) is 5.73. The summed E-state index contributed by atoms with van der Waals surface area (Å²) in [7, 11) is 3.14. The van der Waals surface area contributed by atoms with E-state index < -0.39 is 0 Å². The average Bonchev–Trinajstić information content (AvgIpc) is 2.87. The quantitative estimate of drug-likeness (QED) is 0.198. The summed E-state index contributed by atoms with van der Waals surface area (Å²) in [5.41, 5.74) is 11.8. The van der Waals surface area contributed by atoms with Crippen molar-refractivity contribution < 1.29 is 0 Å². The van der Waals surface area contributed by atoms with E-state index in [1.165, 1.54) is 62.3 Å². The maximum Gasteiger partial charge on any atom is -0.00243 e. The molecular weight excluding hydrogens is 439 g/mol. The number of rotatable bonds is 10. The van der Waals surface area contributed by atoms with E-state index in [0.29, 0.717) is 0 Å². The summed E-state index contributed by atoms with van der Waals surface area (Å²) >= 11 is 0. The van der Waals surface area contributed by atoms with E-state index in [-0.39, 0.29) is 0 Å². The zero-order valence-electron chi connectivity index (χ0n) is 22.1. The SMILES string of the molecule is CCCc1cccc(-c2cc3ccccc3c(P)c2-c2cccc(CCC)c2CCC)c1CCC. The van der Waals surface area contributed by atoms with Crippen molar-refractivity contribution >= 4 is 25.3 Å². The van der Waals surface area contributed by atoms with Crippen molar-refractivity contribution in [3.63, 3.8) is 0 Å². The van der Waals surface area contributed by atoms with Gasteiger partial charge in [0.1, 0.15) is 0 Å². The lowest BCUT2D eigenvalue weighted by molar-refractivity contribution is 0.862. The zero-order valence-corrected chi connectivity index (χ0v) is 23.2. The number of hydrogen-bond donors (Lipinski definition) is 0. The summed E-state index contributed by atoms with van der Waals surface area (Å²) in [6.07, 6.45) is 9.23. The molecule has 0 aliphatic rings. The van der Waals surface area contributed by atoms with Crippen molar-refractivity contribution in [2.24, 2.45) is 0 Å². The van der Waals surface area contributed by atoms with Crippen LogP contribution in [0.25, 0.3) is 33.0 Å². The van der Waals surface area contributed by atoms with Crippen LogP contribution in [0, 0.1) is 0 Å². The molecule has 1 heteroatoms. The molecule has 0 aliphatic heterocycles. The van der Waals surface area contributed by atoms with Crippen LogP contribution in [0.1, 0.15) is 75.6 Å². The molecule has 0 aliphatic carbocycles. The summed E-state index contributed by atoms with van der Waals surface area (Å²) in [6, 6.07) is 25.4. The number of hydrogen-bond acceptors (Lipinski definition) is 0. The van der Waals surface area contributed by atoms with Crippen molar-refractivity contribution in [3.05, 3.63) is 89.0 Å². The van der Waals surface area contributed by atoms with E-state index >= 15 is 0 Å². The second-order valence-electron chi connectivity index (χ2n) is 9.82. The number of aryl methyl sites for hydroxylation is 2. The van der Waals surface area contributed by atoms with Gasteiger partial charge in [0.25, 0.3) is 0 Å². The van der Waals surface area contributed by atoms with Crippen LogP contribution in [-0.2, 0) is 25.7 Å². The van der Waals surface area contributed by atoms with Crippen LogP contribution in [0.15, 0.2) is 66.7 Å². The molecule has 0 saturated carbocycles. The Bertz CT molecular complexity index is 1300. The van der Waals surface area contributed by atoms with Gasteiger partial charge in [-0.15, -0.1) is 9.24 Å². The highest BCUT2D eigenvalue weighted by molar-refractivity contribution is 7.29. The van der Waals surface area contributed by atoms with E-state index in [4.69, 9.17) is 0 Å². The van der Waals surface area contributed by atoms with Crippen LogP contribution in [0.5, 0.6) is 0 Å². The van der Waals surface area contributed by atoms with E-state index in [1.54, 1.807) is 11.1 Å². The molecule has 0 fully saturated rings. The van der Waals surface area contributed by atoms with Gasteiger partial charge < -0.3 is 0 Å². The highest BCUT2D eigenvalue weighted by Crippen LogP contribution is 2.41. The van der Waals surface area contributed by atoms with Gasteiger partial charge in [0, 0.05) is 0 Å². The Hall–Kier alpha value is -2.43. The maximum absolute atomic E-state index is 3.14. The van der Waals surface area contributed by atoms with Gasteiger partial charge in [-0.3, -0.25) is 0 Å². The summed E-state index contributed by atoms with van der Waals surface area (Å²) in [4.78, 5) is 0. The Morgan fingerprint density at radius 3 is 1.69 bits per heavy atom. The Morgan fingerprint density at radius 2 is 1.09 bits per heavy atom. The Morgan fingerprint density at radius 1 is 0.543 bits per heavy atom. The molecule has 0 heterocycles. The first-order valence-corrected chi connectivity index (χ1v) is 14.3. The van der Waals surface area contributed by atoms with E-state index in [1.807, 2.05) is 0 Å². The lowest BCUT2D eigenvalue weighted by Crippen LogP contribution is -2.08. The van der Waals surface area contributed by atoms with Crippen LogP contribution in [0.3, 0.4) is 0 Å². The van der Waals surface area contributed by atoms with Crippen molar-refractivity contribution in [1.82, 2.24) is 0 Å². The first-order valence-electron chi connectivity index (χ1n) is 13.7. The third-order valence-electron chi connectivity index (χ3n) is 7.23. The monoisotopic (exact) mass is 480 g/mol. The molecule has 35 heavy (non-hydrogen) atoms. The number of benzene rings is 4. The van der Waals surface area contributed by atoms with Crippen molar-refractivity contribution in [3.8, 4) is 22.3 Å². The molecule has 0 nitrogen and oxygen atoms in total. The normalized spacial score (nSPS) is 11.3. The molecular formula is C34H41P. The second kappa shape index (κ2) is 12.0. The average molecular weight is 481 g/mol. The predicted molar refractivity (Wildman–Crippen MR) is 160 cm³/mol. The minimum Gasteiger partial charge on any atom is -0.104 e. The molecule has 0 aromatic heterocycles. The predicted octanol–water partition coefficient (Wildman–Crippen LogP) is 9.48. The molecule has 0 N–H and O–H groups in total. The van der Waals surface area contributed by atoms with Gasteiger partial charge in [-0.1, -0.05) is 114 Å². The van der Waals surface area contributed by atoms with Gasteiger partial charge in [0.2, 0.25) is 0 Å². The largest absolute Gasteiger partial charge is 0.104 e. The van der Waals surface area contributed by atoms with Crippen LogP contribution < -0.4 is 5.30 Å². The molecule has 0 radical (unpaired) electrons. The van der Waals surface area contributed by atoms with E-state index in [9.17, 15) is 0 Å². The van der Waals surface area contributed by atoms with E-state index in [0.717, 1.165) is 38.5 Å². The molecule has 1 unspecified atom stereocenters. The molecule has 4 aromatic rings. The second-order valence-corrected chi connectivity index (χ2v) is 10.4. The van der Waals surface area contributed by atoms with Crippen LogP contribution >= 0.6 is 9.24 Å². The molecule has 0 bridgehead atoms. The molecule has 0 amide bonds.